The fourth-order valence-electron chi connectivity index (χ4n) is 2.40. The summed E-state index contributed by atoms with van der Waals surface area (Å²) in [5.41, 5.74) is 1.75. The van der Waals surface area contributed by atoms with E-state index in [0.29, 0.717) is 5.41 Å². The van der Waals surface area contributed by atoms with Crippen LogP contribution in [0.15, 0.2) is 23.0 Å². The van der Waals surface area contributed by atoms with E-state index in [9.17, 15) is 0 Å². The van der Waals surface area contributed by atoms with Crippen molar-refractivity contribution in [1.29, 1.82) is 0 Å². The molecule has 1 unspecified atom stereocenters. The molecule has 2 rings (SSSR count). The van der Waals surface area contributed by atoms with Crippen LogP contribution in [0.5, 0.6) is 0 Å². The van der Waals surface area contributed by atoms with Crippen LogP contribution in [-0.2, 0) is 6.42 Å². The lowest BCUT2D eigenvalue weighted by Crippen LogP contribution is -2.35. The largest absolute Gasteiger partial charge is 0.472 e. The number of rotatable bonds is 6. The van der Waals surface area contributed by atoms with Crippen LogP contribution >= 0.6 is 0 Å². The second kappa shape index (κ2) is 4.40. The molecular formula is C13H21NO. The third-order valence-corrected chi connectivity index (χ3v) is 3.53. The summed E-state index contributed by atoms with van der Waals surface area (Å²) in [6.07, 6.45) is 7.60. The highest BCUT2D eigenvalue weighted by Crippen LogP contribution is 2.47. The van der Waals surface area contributed by atoms with Crippen molar-refractivity contribution < 1.29 is 4.42 Å². The average molecular weight is 207 g/mol. The molecule has 0 bridgehead atoms. The quantitative estimate of drug-likeness (QED) is 0.776. The number of hydrogen-bond donors (Lipinski definition) is 1. The smallest absolute Gasteiger partial charge is 0.0934 e. The molecule has 0 amide bonds. The number of furan rings is 1. The average Bonchev–Trinajstić information content (AvgIpc) is 2.98. The van der Waals surface area contributed by atoms with Gasteiger partial charge >= 0.3 is 0 Å². The van der Waals surface area contributed by atoms with Crippen LogP contribution in [0.25, 0.3) is 0 Å². The normalized spacial score (nSPS) is 20.1. The number of hydrogen-bond acceptors (Lipinski definition) is 2. The molecule has 1 heterocycles. The number of nitrogens with one attached hydrogen (secondary N) is 1. The molecule has 1 atom stereocenters. The first-order valence-electron chi connectivity index (χ1n) is 5.96. The molecule has 84 valence electrons. The highest BCUT2D eigenvalue weighted by Gasteiger charge is 2.41. The first kappa shape index (κ1) is 10.7. The lowest BCUT2D eigenvalue weighted by atomic mass is 9.79. The molecule has 2 heteroatoms. The molecule has 1 N–H and O–H groups in total. The Balaban J connectivity index is 1.98. The van der Waals surface area contributed by atoms with Crippen molar-refractivity contribution in [3.8, 4) is 0 Å². The van der Waals surface area contributed by atoms with Crippen molar-refractivity contribution in [3.05, 3.63) is 24.2 Å². The van der Waals surface area contributed by atoms with Gasteiger partial charge in [0.15, 0.2) is 0 Å². The second-order valence-corrected chi connectivity index (χ2v) is 5.02. The highest BCUT2D eigenvalue weighted by molar-refractivity contribution is 5.11. The SMILES string of the molecule is CCNCC(C)(Cc1ccoc1)C1CC1. The van der Waals surface area contributed by atoms with Crippen LogP contribution < -0.4 is 5.32 Å². The Kier molecular flexibility index (Phi) is 3.15. The first-order valence-corrected chi connectivity index (χ1v) is 5.96. The predicted octanol–water partition coefficient (Wildman–Crippen LogP) is 2.85. The van der Waals surface area contributed by atoms with Gasteiger partial charge in [0.1, 0.15) is 0 Å². The van der Waals surface area contributed by atoms with Crippen molar-refractivity contribution in [2.24, 2.45) is 11.3 Å². The molecule has 0 saturated heterocycles. The molecule has 1 aromatic heterocycles. The summed E-state index contributed by atoms with van der Waals surface area (Å²) in [4.78, 5) is 0. The van der Waals surface area contributed by atoms with Crippen LogP contribution in [0.4, 0.5) is 0 Å². The van der Waals surface area contributed by atoms with Gasteiger partial charge in [-0.3, -0.25) is 0 Å². The standard InChI is InChI=1S/C13H21NO/c1-3-14-10-13(2,12-4-5-12)8-11-6-7-15-9-11/h6-7,9,12,14H,3-5,8,10H2,1-2H3. The minimum Gasteiger partial charge on any atom is -0.472 e. The molecule has 0 aliphatic heterocycles. The monoisotopic (exact) mass is 207 g/mol. The molecule has 2 nitrogen and oxygen atoms in total. The van der Waals surface area contributed by atoms with E-state index in [4.69, 9.17) is 4.42 Å². The Morgan fingerprint density at radius 2 is 2.33 bits per heavy atom. The fraction of sp³-hybridized carbons (Fsp3) is 0.692. The van der Waals surface area contributed by atoms with Crippen LogP contribution in [0.3, 0.4) is 0 Å². The van der Waals surface area contributed by atoms with Gasteiger partial charge in [0.2, 0.25) is 0 Å². The van der Waals surface area contributed by atoms with Gasteiger partial charge in [0, 0.05) is 6.54 Å². The summed E-state index contributed by atoms with van der Waals surface area (Å²) >= 11 is 0. The summed E-state index contributed by atoms with van der Waals surface area (Å²) < 4.78 is 5.14. The zero-order valence-corrected chi connectivity index (χ0v) is 9.75. The molecule has 1 fully saturated rings. The van der Waals surface area contributed by atoms with Gasteiger partial charge < -0.3 is 9.73 Å². The zero-order valence-electron chi connectivity index (χ0n) is 9.75. The van der Waals surface area contributed by atoms with Crippen LogP contribution in [0, 0.1) is 11.3 Å². The first-order chi connectivity index (χ1) is 7.24. The Morgan fingerprint density at radius 1 is 1.53 bits per heavy atom. The maximum atomic E-state index is 5.14. The topological polar surface area (TPSA) is 25.2 Å². The van der Waals surface area contributed by atoms with Crippen LogP contribution in [0.2, 0.25) is 0 Å². The predicted molar refractivity (Wildman–Crippen MR) is 61.8 cm³/mol. The molecule has 0 radical (unpaired) electrons. The summed E-state index contributed by atoms with van der Waals surface area (Å²) in [5.74, 6) is 0.909. The molecule has 0 aromatic carbocycles. The summed E-state index contributed by atoms with van der Waals surface area (Å²) in [6.45, 7) is 6.76. The van der Waals surface area contributed by atoms with E-state index in [2.05, 4.69) is 25.2 Å². The van der Waals surface area contributed by atoms with Gasteiger partial charge in [-0.1, -0.05) is 13.8 Å². The van der Waals surface area contributed by atoms with Gasteiger partial charge in [-0.05, 0) is 48.8 Å². The van der Waals surface area contributed by atoms with Gasteiger partial charge in [0.05, 0.1) is 12.5 Å². The van der Waals surface area contributed by atoms with E-state index in [1.54, 1.807) is 6.26 Å². The Morgan fingerprint density at radius 3 is 2.87 bits per heavy atom. The summed E-state index contributed by atoms with van der Waals surface area (Å²) in [6, 6.07) is 2.09. The van der Waals surface area contributed by atoms with Crippen molar-refractivity contribution in [1.82, 2.24) is 5.32 Å². The van der Waals surface area contributed by atoms with Crippen molar-refractivity contribution in [2.75, 3.05) is 13.1 Å². The Hall–Kier alpha value is -0.760. The lowest BCUT2D eigenvalue weighted by Gasteiger charge is -2.29. The lowest BCUT2D eigenvalue weighted by molar-refractivity contribution is 0.257. The van der Waals surface area contributed by atoms with E-state index in [1.165, 1.54) is 18.4 Å². The van der Waals surface area contributed by atoms with Crippen LogP contribution in [-0.4, -0.2) is 13.1 Å². The second-order valence-electron chi connectivity index (χ2n) is 5.02. The van der Waals surface area contributed by atoms with E-state index < -0.39 is 0 Å². The molecule has 0 spiro atoms. The van der Waals surface area contributed by atoms with Gasteiger partial charge in [-0.2, -0.15) is 0 Å². The molecule has 1 aliphatic rings. The van der Waals surface area contributed by atoms with Crippen molar-refractivity contribution in [2.45, 2.75) is 33.1 Å². The maximum Gasteiger partial charge on any atom is 0.0934 e. The summed E-state index contributed by atoms with van der Waals surface area (Å²) in [5, 5.41) is 3.49. The molecule has 1 aromatic rings. The van der Waals surface area contributed by atoms with Crippen molar-refractivity contribution in [3.63, 3.8) is 0 Å². The molecule has 1 aliphatic carbocycles. The van der Waals surface area contributed by atoms with E-state index in [-0.39, 0.29) is 0 Å². The molecule has 1 saturated carbocycles. The third-order valence-electron chi connectivity index (χ3n) is 3.53. The molecule has 15 heavy (non-hydrogen) atoms. The minimum atomic E-state index is 0.417. The Labute approximate surface area is 92.1 Å². The van der Waals surface area contributed by atoms with E-state index in [1.807, 2.05) is 6.26 Å². The van der Waals surface area contributed by atoms with Crippen LogP contribution in [0.1, 0.15) is 32.3 Å². The van der Waals surface area contributed by atoms with Gasteiger partial charge in [-0.25, -0.2) is 0 Å². The zero-order chi connectivity index (χ0) is 10.7. The van der Waals surface area contributed by atoms with E-state index in [0.717, 1.165) is 25.4 Å². The summed E-state index contributed by atoms with van der Waals surface area (Å²) in [7, 11) is 0. The minimum absolute atomic E-state index is 0.417. The van der Waals surface area contributed by atoms with E-state index >= 15 is 0 Å². The third kappa shape index (κ3) is 2.63. The van der Waals surface area contributed by atoms with Gasteiger partial charge in [-0.15, -0.1) is 0 Å². The van der Waals surface area contributed by atoms with Crippen molar-refractivity contribution >= 4 is 0 Å². The maximum absolute atomic E-state index is 5.14. The molecular weight excluding hydrogens is 186 g/mol. The van der Waals surface area contributed by atoms with Gasteiger partial charge in [0.25, 0.3) is 0 Å². The Bertz CT molecular complexity index is 289. The fourth-order valence-corrected chi connectivity index (χ4v) is 2.40. The highest BCUT2D eigenvalue weighted by atomic mass is 16.3.